The van der Waals surface area contributed by atoms with E-state index in [0.29, 0.717) is 0 Å². The van der Waals surface area contributed by atoms with Gasteiger partial charge in [0.25, 0.3) is 0 Å². The molecule has 1 heterocycles. The van der Waals surface area contributed by atoms with Crippen LogP contribution in [0.5, 0.6) is 0 Å². The van der Waals surface area contributed by atoms with Gasteiger partial charge in [0.15, 0.2) is 5.13 Å². The van der Waals surface area contributed by atoms with E-state index in [9.17, 15) is 0 Å². The molecule has 74 valence electrons. The number of fused-ring (bicyclic) bond motifs is 5. The van der Waals surface area contributed by atoms with Gasteiger partial charge in [-0.1, -0.05) is 0 Å². The van der Waals surface area contributed by atoms with Gasteiger partial charge in [-0.05, 0) is 42.9 Å². The zero-order valence-electron chi connectivity index (χ0n) is 8.02. The van der Waals surface area contributed by atoms with E-state index < -0.39 is 0 Å². The Balaban J connectivity index is 1.66. The van der Waals surface area contributed by atoms with Crippen LogP contribution in [0.2, 0.25) is 0 Å². The number of thiazole rings is 1. The summed E-state index contributed by atoms with van der Waals surface area (Å²) >= 11 is 1.60. The summed E-state index contributed by atoms with van der Waals surface area (Å²) in [7, 11) is 0. The average Bonchev–Trinajstić information content (AvgIpc) is 2.58. The molecule has 2 bridgehead atoms. The molecule has 0 saturated heterocycles. The Labute approximate surface area is 87.5 Å². The van der Waals surface area contributed by atoms with E-state index in [4.69, 9.17) is 5.73 Å². The SMILES string of the molecule is Nc1nc(C2C3C4CCC(C4)C23)cs1. The topological polar surface area (TPSA) is 38.9 Å². The van der Waals surface area contributed by atoms with E-state index in [-0.39, 0.29) is 0 Å². The Morgan fingerprint density at radius 2 is 2.00 bits per heavy atom. The third-order valence-electron chi connectivity index (χ3n) is 4.62. The maximum atomic E-state index is 5.69. The smallest absolute Gasteiger partial charge is 0.180 e. The van der Waals surface area contributed by atoms with Crippen LogP contribution in [0.4, 0.5) is 5.13 Å². The van der Waals surface area contributed by atoms with Crippen LogP contribution in [0.15, 0.2) is 5.38 Å². The summed E-state index contributed by atoms with van der Waals surface area (Å²) in [5.41, 5.74) is 6.99. The Morgan fingerprint density at radius 1 is 1.29 bits per heavy atom. The molecule has 3 aliphatic rings. The molecule has 14 heavy (non-hydrogen) atoms. The van der Waals surface area contributed by atoms with Gasteiger partial charge in [0, 0.05) is 11.3 Å². The van der Waals surface area contributed by atoms with Crippen molar-refractivity contribution in [1.29, 1.82) is 0 Å². The number of nitrogen functional groups attached to an aromatic ring is 1. The molecule has 0 amide bonds. The standard InChI is InChI=1S/C11H14N2S/c12-11-13-7(4-14-11)10-8-5-1-2-6(3-5)9(8)10/h4-6,8-10H,1-3H2,(H2,12,13). The lowest BCUT2D eigenvalue weighted by molar-refractivity contribution is 0.456. The normalized spacial score (nSPS) is 48.1. The minimum absolute atomic E-state index is 0.748. The fraction of sp³-hybridized carbons (Fsp3) is 0.727. The third-order valence-corrected chi connectivity index (χ3v) is 5.31. The summed E-state index contributed by atoms with van der Waals surface area (Å²) in [4.78, 5) is 4.45. The monoisotopic (exact) mass is 206 g/mol. The highest BCUT2D eigenvalue weighted by Gasteiger charge is 2.65. The van der Waals surface area contributed by atoms with Crippen LogP contribution in [-0.2, 0) is 0 Å². The second kappa shape index (κ2) is 2.32. The number of nitrogens with zero attached hydrogens (tertiary/aromatic N) is 1. The van der Waals surface area contributed by atoms with Crippen molar-refractivity contribution in [2.75, 3.05) is 5.73 Å². The van der Waals surface area contributed by atoms with Crippen molar-refractivity contribution >= 4 is 16.5 Å². The van der Waals surface area contributed by atoms with Gasteiger partial charge in [0.1, 0.15) is 0 Å². The van der Waals surface area contributed by atoms with Crippen LogP contribution >= 0.6 is 11.3 Å². The van der Waals surface area contributed by atoms with Crippen LogP contribution in [-0.4, -0.2) is 4.98 Å². The molecule has 0 aliphatic heterocycles. The highest BCUT2D eigenvalue weighted by molar-refractivity contribution is 7.13. The maximum absolute atomic E-state index is 5.69. The first-order valence-corrected chi connectivity index (χ1v) is 6.43. The molecule has 2 nitrogen and oxygen atoms in total. The Hall–Kier alpha value is -0.570. The van der Waals surface area contributed by atoms with Crippen LogP contribution in [0.3, 0.4) is 0 Å². The summed E-state index contributed by atoms with van der Waals surface area (Å²) < 4.78 is 0. The molecule has 3 fully saturated rings. The van der Waals surface area contributed by atoms with Crippen molar-refractivity contribution in [2.24, 2.45) is 23.7 Å². The Bertz CT molecular complexity index is 370. The van der Waals surface area contributed by atoms with Gasteiger partial charge in [-0.3, -0.25) is 0 Å². The molecule has 4 unspecified atom stereocenters. The van der Waals surface area contributed by atoms with E-state index in [1.54, 1.807) is 11.3 Å². The minimum Gasteiger partial charge on any atom is -0.375 e. The predicted molar refractivity (Wildman–Crippen MR) is 57.1 cm³/mol. The van der Waals surface area contributed by atoms with Crippen molar-refractivity contribution in [1.82, 2.24) is 4.98 Å². The number of anilines is 1. The van der Waals surface area contributed by atoms with Crippen molar-refractivity contribution in [3.8, 4) is 0 Å². The third kappa shape index (κ3) is 0.800. The quantitative estimate of drug-likeness (QED) is 0.766. The summed E-state index contributed by atoms with van der Waals surface area (Å²) in [5.74, 6) is 4.87. The van der Waals surface area contributed by atoms with Crippen molar-refractivity contribution in [3.05, 3.63) is 11.1 Å². The molecule has 4 rings (SSSR count). The molecule has 3 aliphatic carbocycles. The molecular weight excluding hydrogens is 192 g/mol. The van der Waals surface area contributed by atoms with Crippen LogP contribution in [0.1, 0.15) is 30.9 Å². The first-order valence-electron chi connectivity index (χ1n) is 5.55. The average molecular weight is 206 g/mol. The zero-order valence-corrected chi connectivity index (χ0v) is 8.83. The van der Waals surface area contributed by atoms with Gasteiger partial charge < -0.3 is 5.73 Å². The summed E-state index contributed by atoms with van der Waals surface area (Å²) in [6.45, 7) is 0. The van der Waals surface area contributed by atoms with E-state index >= 15 is 0 Å². The molecule has 3 heteroatoms. The first-order chi connectivity index (χ1) is 6.84. The lowest BCUT2D eigenvalue weighted by atomic mass is 10.0. The van der Waals surface area contributed by atoms with Crippen LogP contribution in [0, 0.1) is 23.7 Å². The lowest BCUT2D eigenvalue weighted by Crippen LogP contribution is -1.97. The van der Waals surface area contributed by atoms with Crippen molar-refractivity contribution < 1.29 is 0 Å². The van der Waals surface area contributed by atoms with Crippen LogP contribution < -0.4 is 5.73 Å². The predicted octanol–water partition coefficient (Wildman–Crippen LogP) is 2.48. The maximum Gasteiger partial charge on any atom is 0.180 e. The second-order valence-electron chi connectivity index (χ2n) is 5.12. The summed E-state index contributed by atoms with van der Waals surface area (Å²) in [5, 5.41) is 2.93. The highest BCUT2D eigenvalue weighted by atomic mass is 32.1. The molecule has 0 spiro atoms. The Morgan fingerprint density at radius 3 is 2.57 bits per heavy atom. The zero-order chi connectivity index (χ0) is 9.28. The first kappa shape index (κ1) is 7.69. The second-order valence-corrected chi connectivity index (χ2v) is 6.01. The van der Waals surface area contributed by atoms with Gasteiger partial charge in [-0.15, -0.1) is 11.3 Å². The fourth-order valence-electron chi connectivity index (χ4n) is 4.17. The van der Waals surface area contributed by atoms with Gasteiger partial charge >= 0.3 is 0 Å². The molecule has 0 radical (unpaired) electrons. The van der Waals surface area contributed by atoms with E-state index in [1.165, 1.54) is 25.0 Å². The number of hydrogen-bond donors (Lipinski definition) is 1. The van der Waals surface area contributed by atoms with Crippen molar-refractivity contribution in [2.45, 2.75) is 25.2 Å². The molecule has 4 atom stereocenters. The summed E-state index contributed by atoms with van der Waals surface area (Å²) in [6.07, 6.45) is 4.50. The molecule has 3 saturated carbocycles. The Kier molecular flexibility index (Phi) is 1.28. The van der Waals surface area contributed by atoms with E-state index in [0.717, 1.165) is 34.7 Å². The van der Waals surface area contributed by atoms with Crippen molar-refractivity contribution in [3.63, 3.8) is 0 Å². The number of nitrogens with two attached hydrogens (primary N) is 1. The number of rotatable bonds is 1. The highest BCUT2D eigenvalue weighted by Crippen LogP contribution is 2.73. The van der Waals surface area contributed by atoms with E-state index in [2.05, 4.69) is 10.4 Å². The van der Waals surface area contributed by atoms with Gasteiger partial charge in [0.2, 0.25) is 0 Å². The molecule has 2 N–H and O–H groups in total. The van der Waals surface area contributed by atoms with Gasteiger partial charge in [-0.25, -0.2) is 4.98 Å². The molecule has 0 aromatic carbocycles. The van der Waals surface area contributed by atoms with Crippen LogP contribution in [0.25, 0.3) is 0 Å². The van der Waals surface area contributed by atoms with Gasteiger partial charge in [-0.2, -0.15) is 0 Å². The fourth-order valence-corrected chi connectivity index (χ4v) is 4.78. The number of hydrogen-bond acceptors (Lipinski definition) is 3. The molecule has 1 aromatic rings. The minimum atomic E-state index is 0.748. The number of aromatic nitrogens is 1. The van der Waals surface area contributed by atoms with E-state index in [1.807, 2.05) is 0 Å². The largest absolute Gasteiger partial charge is 0.375 e. The molecular formula is C11H14N2S. The lowest BCUT2D eigenvalue weighted by Gasteiger charge is -2.05. The molecule has 1 aromatic heterocycles. The van der Waals surface area contributed by atoms with Gasteiger partial charge in [0.05, 0.1) is 5.69 Å². The summed E-state index contributed by atoms with van der Waals surface area (Å²) in [6, 6.07) is 0.